The van der Waals surface area contributed by atoms with Crippen LogP contribution in [0.4, 0.5) is 0 Å². The Bertz CT molecular complexity index is 942. The molecule has 2 heterocycles. The van der Waals surface area contributed by atoms with Crippen LogP contribution < -0.4 is 0 Å². The summed E-state index contributed by atoms with van der Waals surface area (Å²) < 4.78 is 0. The molecule has 0 spiro atoms. The first-order valence-corrected chi connectivity index (χ1v) is 10.7. The quantitative estimate of drug-likeness (QED) is 0.539. The van der Waals surface area contributed by atoms with Crippen molar-refractivity contribution in [1.29, 1.82) is 0 Å². The van der Waals surface area contributed by atoms with Gasteiger partial charge in [0.05, 0.1) is 12.0 Å². The highest BCUT2D eigenvalue weighted by atomic mass is 35.5. The molecule has 1 amide bonds. The number of hydrogen-bond acceptors (Lipinski definition) is 3. The Kier molecular flexibility index (Phi) is 9.82. The summed E-state index contributed by atoms with van der Waals surface area (Å²) in [5.41, 5.74) is 1.93. The molecule has 1 saturated heterocycles. The minimum atomic E-state index is 0. The fraction of sp³-hybridized carbons (Fsp3) is 0.417. The Morgan fingerprint density at radius 3 is 2.71 bits per heavy atom. The molecular weight excluding hydrogens is 431 g/mol. The third-order valence-electron chi connectivity index (χ3n) is 6.01. The fourth-order valence-corrected chi connectivity index (χ4v) is 4.35. The van der Waals surface area contributed by atoms with Gasteiger partial charge in [0.25, 0.3) is 5.91 Å². The Hall–Kier alpha value is -2.08. The van der Waals surface area contributed by atoms with Gasteiger partial charge >= 0.3 is 0 Å². The maximum Gasteiger partial charge on any atom is 0.254 e. The van der Waals surface area contributed by atoms with Crippen molar-refractivity contribution in [3.05, 3.63) is 66.2 Å². The molecule has 1 atom stereocenters. The van der Waals surface area contributed by atoms with Gasteiger partial charge in [-0.25, -0.2) is 4.98 Å². The van der Waals surface area contributed by atoms with E-state index < -0.39 is 0 Å². The standard InChI is InChI=1S/C24H30N4O.2ClH/c1-2-3-9-21-17-28(15-14-27(21)13-12-20-16-25-18-26-20)24(29)23-11-6-8-19-7-4-5-10-22(19)23;;/h4-8,10-11,16,18,21H,2-3,9,12-15,17H2,1H3,(H,25,26);2*1H/t21-;;/m0../s1. The number of carbonyl (C=O) groups is 1. The number of imidazole rings is 1. The number of nitrogens with zero attached hydrogens (tertiary/aromatic N) is 3. The van der Waals surface area contributed by atoms with E-state index in [0.717, 1.165) is 61.1 Å². The van der Waals surface area contributed by atoms with Crippen LogP contribution >= 0.6 is 24.8 Å². The molecule has 1 aromatic heterocycles. The van der Waals surface area contributed by atoms with Crippen molar-refractivity contribution in [2.75, 3.05) is 26.2 Å². The number of fused-ring (bicyclic) bond motifs is 1. The number of aromatic amines is 1. The van der Waals surface area contributed by atoms with Gasteiger partial charge < -0.3 is 9.88 Å². The number of carbonyl (C=O) groups excluding carboxylic acids is 1. The summed E-state index contributed by atoms with van der Waals surface area (Å²) in [5, 5.41) is 2.17. The number of rotatable bonds is 7. The lowest BCUT2D eigenvalue weighted by Gasteiger charge is -2.41. The monoisotopic (exact) mass is 462 g/mol. The molecule has 2 aromatic carbocycles. The Morgan fingerprint density at radius 2 is 1.94 bits per heavy atom. The van der Waals surface area contributed by atoms with Crippen molar-refractivity contribution >= 4 is 41.5 Å². The lowest BCUT2D eigenvalue weighted by atomic mass is 10.0. The Morgan fingerprint density at radius 1 is 1.13 bits per heavy atom. The van der Waals surface area contributed by atoms with E-state index in [2.05, 4.69) is 44.9 Å². The number of H-pyrrole nitrogens is 1. The molecule has 7 heteroatoms. The molecule has 0 saturated carbocycles. The van der Waals surface area contributed by atoms with Crippen molar-refractivity contribution in [1.82, 2.24) is 19.8 Å². The Labute approximate surface area is 197 Å². The molecule has 4 rings (SSSR count). The van der Waals surface area contributed by atoms with Crippen LogP contribution in [0.15, 0.2) is 55.0 Å². The van der Waals surface area contributed by atoms with Crippen molar-refractivity contribution in [3.8, 4) is 0 Å². The summed E-state index contributed by atoms with van der Waals surface area (Å²) in [7, 11) is 0. The normalized spacial score (nSPS) is 16.5. The smallest absolute Gasteiger partial charge is 0.254 e. The van der Waals surface area contributed by atoms with Gasteiger partial charge in [-0.05, 0) is 23.3 Å². The van der Waals surface area contributed by atoms with E-state index in [0.29, 0.717) is 6.04 Å². The second-order valence-electron chi connectivity index (χ2n) is 7.92. The molecule has 1 N–H and O–H groups in total. The third kappa shape index (κ3) is 6.00. The zero-order valence-electron chi connectivity index (χ0n) is 18.0. The molecule has 0 unspecified atom stereocenters. The first-order chi connectivity index (χ1) is 14.3. The van der Waals surface area contributed by atoms with E-state index >= 15 is 0 Å². The number of benzene rings is 2. The third-order valence-corrected chi connectivity index (χ3v) is 6.01. The van der Waals surface area contributed by atoms with Gasteiger partial charge in [-0.15, -0.1) is 24.8 Å². The lowest BCUT2D eigenvalue weighted by Crippen LogP contribution is -2.55. The first kappa shape index (κ1) is 25.2. The highest BCUT2D eigenvalue weighted by molar-refractivity contribution is 6.07. The number of piperazine rings is 1. The van der Waals surface area contributed by atoms with Gasteiger partial charge in [-0.3, -0.25) is 9.69 Å². The maximum atomic E-state index is 13.4. The molecule has 31 heavy (non-hydrogen) atoms. The van der Waals surface area contributed by atoms with Gasteiger partial charge in [0.1, 0.15) is 0 Å². The van der Waals surface area contributed by atoms with Crippen LogP contribution in [0.25, 0.3) is 10.8 Å². The van der Waals surface area contributed by atoms with Gasteiger partial charge in [0.15, 0.2) is 0 Å². The zero-order chi connectivity index (χ0) is 20.1. The number of halogens is 2. The molecule has 168 valence electrons. The van der Waals surface area contributed by atoms with Crippen molar-refractivity contribution in [3.63, 3.8) is 0 Å². The first-order valence-electron chi connectivity index (χ1n) is 10.7. The van der Waals surface area contributed by atoms with E-state index in [4.69, 9.17) is 0 Å². The van der Waals surface area contributed by atoms with E-state index in [9.17, 15) is 4.79 Å². The maximum absolute atomic E-state index is 13.4. The highest BCUT2D eigenvalue weighted by Gasteiger charge is 2.30. The van der Waals surface area contributed by atoms with Crippen molar-refractivity contribution < 1.29 is 4.79 Å². The molecule has 1 fully saturated rings. The molecule has 5 nitrogen and oxygen atoms in total. The predicted molar refractivity (Wildman–Crippen MR) is 132 cm³/mol. The van der Waals surface area contributed by atoms with Gasteiger partial charge in [0, 0.05) is 50.4 Å². The minimum absolute atomic E-state index is 0. The average Bonchev–Trinajstić information content (AvgIpc) is 3.29. The van der Waals surface area contributed by atoms with Crippen LogP contribution in [0.1, 0.15) is 42.2 Å². The number of amides is 1. The minimum Gasteiger partial charge on any atom is -0.351 e. The van der Waals surface area contributed by atoms with Crippen LogP contribution in [0, 0.1) is 0 Å². The van der Waals surface area contributed by atoms with E-state index in [1.54, 1.807) is 6.33 Å². The largest absolute Gasteiger partial charge is 0.351 e. The van der Waals surface area contributed by atoms with Crippen LogP contribution in [-0.4, -0.2) is 57.9 Å². The van der Waals surface area contributed by atoms with E-state index in [-0.39, 0.29) is 30.7 Å². The van der Waals surface area contributed by atoms with Gasteiger partial charge in [-0.2, -0.15) is 0 Å². The van der Waals surface area contributed by atoms with Crippen LogP contribution in [0.2, 0.25) is 0 Å². The number of hydrogen-bond donors (Lipinski definition) is 1. The van der Waals surface area contributed by atoms with Crippen LogP contribution in [0.5, 0.6) is 0 Å². The molecule has 0 aliphatic carbocycles. The number of nitrogens with one attached hydrogen (secondary N) is 1. The lowest BCUT2D eigenvalue weighted by molar-refractivity contribution is 0.0464. The van der Waals surface area contributed by atoms with Gasteiger partial charge in [-0.1, -0.05) is 56.2 Å². The molecule has 0 radical (unpaired) electrons. The fourth-order valence-electron chi connectivity index (χ4n) is 4.35. The van der Waals surface area contributed by atoms with Crippen LogP contribution in [-0.2, 0) is 6.42 Å². The van der Waals surface area contributed by atoms with E-state index in [1.165, 1.54) is 12.8 Å². The number of aromatic nitrogens is 2. The molecule has 3 aromatic rings. The zero-order valence-corrected chi connectivity index (χ0v) is 19.6. The average molecular weight is 463 g/mol. The van der Waals surface area contributed by atoms with Crippen LogP contribution in [0.3, 0.4) is 0 Å². The van der Waals surface area contributed by atoms with Gasteiger partial charge in [0.2, 0.25) is 0 Å². The van der Waals surface area contributed by atoms with E-state index in [1.807, 2.05) is 30.5 Å². The second-order valence-corrected chi connectivity index (χ2v) is 7.92. The SMILES string of the molecule is CCCC[C@H]1CN(C(=O)c2cccc3ccccc23)CCN1CCc1c[nH]cn1.Cl.Cl. The summed E-state index contributed by atoms with van der Waals surface area (Å²) in [4.78, 5) is 25.4. The number of unbranched alkanes of at least 4 members (excludes halogenated alkanes) is 1. The molecule has 1 aliphatic rings. The molecule has 1 aliphatic heterocycles. The topological polar surface area (TPSA) is 52.2 Å². The van der Waals surface area contributed by atoms with Crippen molar-refractivity contribution in [2.45, 2.75) is 38.6 Å². The summed E-state index contributed by atoms with van der Waals surface area (Å²) in [6.07, 6.45) is 8.17. The Balaban J connectivity index is 0.00000171. The summed E-state index contributed by atoms with van der Waals surface area (Å²) in [6, 6.07) is 14.6. The molecule has 0 bridgehead atoms. The molecular formula is C24H32Cl2N4O. The van der Waals surface area contributed by atoms with Crippen molar-refractivity contribution in [2.24, 2.45) is 0 Å². The second kappa shape index (κ2) is 12.1. The summed E-state index contributed by atoms with van der Waals surface area (Å²) >= 11 is 0. The summed E-state index contributed by atoms with van der Waals surface area (Å²) in [6.45, 7) is 5.74. The summed E-state index contributed by atoms with van der Waals surface area (Å²) in [5.74, 6) is 0.162. The highest BCUT2D eigenvalue weighted by Crippen LogP contribution is 2.23. The predicted octanol–water partition coefficient (Wildman–Crippen LogP) is 4.97.